The Labute approximate surface area is 113 Å². The summed E-state index contributed by atoms with van der Waals surface area (Å²) < 4.78 is 26.1. The molecule has 112 valence electrons. The second-order valence-corrected chi connectivity index (χ2v) is 7.24. The Kier molecular flexibility index (Phi) is 6.69. The quantitative estimate of drug-likeness (QED) is 0.753. The Morgan fingerprint density at radius 1 is 1.21 bits per heavy atom. The van der Waals surface area contributed by atoms with Gasteiger partial charge in [-0.3, -0.25) is 9.36 Å². The van der Waals surface area contributed by atoms with Crippen molar-refractivity contribution in [2.45, 2.75) is 39.3 Å². The lowest BCUT2D eigenvalue weighted by atomic mass is 10.2. The fourth-order valence-corrected chi connectivity index (χ4v) is 2.16. The highest BCUT2D eigenvalue weighted by molar-refractivity contribution is 7.54. The van der Waals surface area contributed by atoms with Crippen molar-refractivity contribution < 1.29 is 27.9 Å². The molecular weight excluding hydrogens is 273 g/mol. The average Bonchev–Trinajstić information content (AvgIpc) is 2.25. The van der Waals surface area contributed by atoms with Gasteiger partial charge in [0.2, 0.25) is 0 Å². The van der Waals surface area contributed by atoms with Crippen molar-refractivity contribution in [3.8, 4) is 0 Å². The highest BCUT2D eigenvalue weighted by Gasteiger charge is 2.29. The van der Waals surface area contributed by atoms with Crippen LogP contribution in [-0.2, 0) is 23.1 Å². The molecule has 0 aromatic heterocycles. The second kappa shape index (κ2) is 7.03. The minimum absolute atomic E-state index is 0.406. The molecular formula is C11H22NO6P. The fourth-order valence-electron chi connectivity index (χ4n) is 1.10. The molecule has 8 heteroatoms. The Hall–Kier alpha value is -0.910. The number of ketones is 1. The van der Waals surface area contributed by atoms with E-state index in [4.69, 9.17) is 4.74 Å². The summed E-state index contributed by atoms with van der Waals surface area (Å²) in [6.45, 7) is 6.61. The van der Waals surface area contributed by atoms with Crippen LogP contribution in [0.3, 0.4) is 0 Å². The summed E-state index contributed by atoms with van der Waals surface area (Å²) in [4.78, 5) is 23.2. The van der Waals surface area contributed by atoms with Gasteiger partial charge < -0.3 is 19.1 Å². The van der Waals surface area contributed by atoms with E-state index in [-0.39, 0.29) is 0 Å². The lowest BCUT2D eigenvalue weighted by molar-refractivity contribution is -0.118. The summed E-state index contributed by atoms with van der Waals surface area (Å²) in [7, 11) is -1.02. The van der Waals surface area contributed by atoms with E-state index >= 15 is 0 Å². The van der Waals surface area contributed by atoms with Gasteiger partial charge in [-0.15, -0.1) is 0 Å². The number of carbonyl (C=O) groups excluding carboxylic acids is 2. The van der Waals surface area contributed by atoms with Gasteiger partial charge in [0.1, 0.15) is 11.8 Å². The highest BCUT2D eigenvalue weighted by atomic mass is 31.2. The van der Waals surface area contributed by atoms with E-state index in [1.807, 2.05) is 0 Å². The fraction of sp³-hybridized carbons (Fsp3) is 0.818. The number of rotatable bonds is 6. The maximum absolute atomic E-state index is 11.8. The molecule has 0 fully saturated rings. The highest BCUT2D eigenvalue weighted by Crippen LogP contribution is 2.46. The van der Waals surface area contributed by atoms with E-state index in [0.717, 1.165) is 0 Å². The van der Waals surface area contributed by atoms with Crippen molar-refractivity contribution in [3.05, 3.63) is 0 Å². The van der Waals surface area contributed by atoms with E-state index in [1.54, 1.807) is 20.8 Å². The topological polar surface area (TPSA) is 90.9 Å². The Balaban J connectivity index is 4.44. The van der Waals surface area contributed by atoms with Crippen LogP contribution in [0.5, 0.6) is 0 Å². The van der Waals surface area contributed by atoms with Gasteiger partial charge in [0.25, 0.3) is 0 Å². The molecule has 0 aliphatic heterocycles. The first-order chi connectivity index (χ1) is 8.53. The zero-order valence-electron chi connectivity index (χ0n) is 12.2. The van der Waals surface area contributed by atoms with E-state index in [2.05, 4.69) is 14.4 Å². The zero-order valence-corrected chi connectivity index (χ0v) is 13.1. The minimum Gasteiger partial charge on any atom is -0.444 e. The van der Waals surface area contributed by atoms with Gasteiger partial charge in [-0.1, -0.05) is 0 Å². The molecule has 0 saturated carbocycles. The Bertz CT molecular complexity index is 368. The molecule has 0 aliphatic carbocycles. The van der Waals surface area contributed by atoms with E-state index in [1.165, 1.54) is 21.1 Å². The van der Waals surface area contributed by atoms with Gasteiger partial charge in [0.15, 0.2) is 5.78 Å². The molecule has 0 aromatic carbocycles. The first-order valence-corrected chi connectivity index (χ1v) is 7.48. The average molecular weight is 295 g/mol. The van der Waals surface area contributed by atoms with Gasteiger partial charge >= 0.3 is 13.7 Å². The molecule has 19 heavy (non-hydrogen) atoms. The zero-order chi connectivity index (χ0) is 15.3. The first kappa shape index (κ1) is 18.1. The lowest BCUT2D eigenvalue weighted by Gasteiger charge is -2.22. The van der Waals surface area contributed by atoms with Crippen LogP contribution in [0.4, 0.5) is 4.79 Å². The summed E-state index contributed by atoms with van der Waals surface area (Å²) in [5, 5.41) is 2.36. The molecule has 0 spiro atoms. The molecule has 1 amide bonds. The molecule has 1 N–H and O–H groups in total. The third-order valence-electron chi connectivity index (χ3n) is 2.12. The van der Waals surface area contributed by atoms with Gasteiger partial charge in [-0.25, -0.2) is 4.79 Å². The number of alkyl carbamates (subject to hydrolysis) is 1. The maximum Gasteiger partial charge on any atom is 0.408 e. The monoisotopic (exact) mass is 295 g/mol. The molecule has 0 bridgehead atoms. The van der Waals surface area contributed by atoms with Crippen molar-refractivity contribution in [1.29, 1.82) is 0 Å². The third kappa shape index (κ3) is 7.30. The number of Topliss-reactive ketones (excluding diaryl/α,β-unsaturated/α-hetero) is 1. The predicted molar refractivity (Wildman–Crippen MR) is 70.3 cm³/mol. The maximum atomic E-state index is 11.8. The predicted octanol–water partition coefficient (Wildman–Crippen LogP) is 1.95. The van der Waals surface area contributed by atoms with Crippen LogP contribution < -0.4 is 5.32 Å². The minimum atomic E-state index is -3.42. The molecule has 0 radical (unpaired) electrons. The van der Waals surface area contributed by atoms with Crippen LogP contribution >= 0.6 is 7.60 Å². The molecule has 0 heterocycles. The summed E-state index contributed by atoms with van der Waals surface area (Å²) in [5.41, 5.74) is -0.652. The lowest BCUT2D eigenvalue weighted by Crippen LogP contribution is -2.42. The van der Waals surface area contributed by atoms with Crippen LogP contribution in [0.15, 0.2) is 0 Å². The second-order valence-electron chi connectivity index (χ2n) is 4.97. The molecule has 0 aliphatic rings. The molecule has 0 unspecified atom stereocenters. The smallest absolute Gasteiger partial charge is 0.408 e. The van der Waals surface area contributed by atoms with Gasteiger partial charge in [-0.05, 0) is 27.7 Å². The van der Waals surface area contributed by atoms with Crippen molar-refractivity contribution in [2.24, 2.45) is 0 Å². The standard InChI is InChI=1S/C11H22NO6P/c1-8(12-10(14)18-11(2,3)4)9(13)7-19(15,16-5)17-6/h8H,7H2,1-6H3,(H,12,14)/t8-/m0/s1. The number of amides is 1. The van der Waals surface area contributed by atoms with Crippen LogP contribution in [-0.4, -0.2) is 43.9 Å². The number of hydrogen-bond donors (Lipinski definition) is 1. The number of carbonyl (C=O) groups is 2. The van der Waals surface area contributed by atoms with Crippen LogP contribution in [0.2, 0.25) is 0 Å². The number of nitrogens with one attached hydrogen (secondary N) is 1. The van der Waals surface area contributed by atoms with Gasteiger partial charge in [0.05, 0.1) is 6.04 Å². The summed E-state index contributed by atoms with van der Waals surface area (Å²) >= 11 is 0. The first-order valence-electron chi connectivity index (χ1n) is 5.76. The van der Waals surface area contributed by atoms with Crippen LogP contribution in [0.1, 0.15) is 27.7 Å². The van der Waals surface area contributed by atoms with Crippen molar-refractivity contribution in [3.63, 3.8) is 0 Å². The Morgan fingerprint density at radius 2 is 1.68 bits per heavy atom. The third-order valence-corrected chi connectivity index (χ3v) is 3.93. The van der Waals surface area contributed by atoms with Crippen LogP contribution in [0, 0.1) is 0 Å². The summed E-state index contributed by atoms with van der Waals surface area (Å²) in [6, 6.07) is -0.839. The van der Waals surface area contributed by atoms with E-state index in [0.29, 0.717) is 0 Å². The molecule has 7 nitrogen and oxygen atoms in total. The van der Waals surface area contributed by atoms with Gasteiger partial charge in [-0.2, -0.15) is 0 Å². The number of ether oxygens (including phenoxy) is 1. The van der Waals surface area contributed by atoms with Crippen molar-refractivity contribution in [2.75, 3.05) is 20.4 Å². The SMILES string of the molecule is COP(=O)(CC(=O)[C@H](C)NC(=O)OC(C)(C)C)OC. The summed E-state index contributed by atoms with van der Waals surface area (Å²) in [6.07, 6.45) is -1.12. The molecule has 0 aromatic rings. The Morgan fingerprint density at radius 3 is 2.05 bits per heavy atom. The van der Waals surface area contributed by atoms with E-state index in [9.17, 15) is 14.2 Å². The van der Waals surface area contributed by atoms with Crippen LogP contribution in [0.25, 0.3) is 0 Å². The normalized spacial score (nSPS) is 13.8. The largest absolute Gasteiger partial charge is 0.444 e. The van der Waals surface area contributed by atoms with Crippen molar-refractivity contribution in [1.82, 2.24) is 5.32 Å². The molecule has 0 saturated heterocycles. The molecule has 1 atom stereocenters. The molecule has 0 rings (SSSR count). The number of hydrogen-bond acceptors (Lipinski definition) is 6. The van der Waals surface area contributed by atoms with Gasteiger partial charge in [0, 0.05) is 14.2 Å². The summed E-state index contributed by atoms with van der Waals surface area (Å²) in [5.74, 6) is -0.460. The van der Waals surface area contributed by atoms with Crippen molar-refractivity contribution >= 4 is 19.5 Å². The van der Waals surface area contributed by atoms with E-state index < -0.39 is 37.3 Å².